The van der Waals surface area contributed by atoms with Crippen molar-refractivity contribution in [3.63, 3.8) is 0 Å². The minimum atomic E-state index is -0.186. The van der Waals surface area contributed by atoms with Crippen molar-refractivity contribution in [1.29, 1.82) is 0 Å². The predicted molar refractivity (Wildman–Crippen MR) is 109 cm³/mol. The normalized spacial score (nSPS) is 12.2. The van der Waals surface area contributed by atoms with E-state index < -0.39 is 0 Å². The van der Waals surface area contributed by atoms with Gasteiger partial charge in [-0.3, -0.25) is 4.79 Å². The number of fused-ring (bicyclic) bond motifs is 1. The molecule has 28 heavy (non-hydrogen) atoms. The third-order valence-corrected chi connectivity index (χ3v) is 5.38. The van der Waals surface area contributed by atoms with Gasteiger partial charge in [-0.05, 0) is 31.2 Å². The van der Waals surface area contributed by atoms with Crippen LogP contribution in [0.4, 0.5) is 0 Å². The number of nitrogens with one attached hydrogen (secondary N) is 1. The second-order valence-electron chi connectivity index (χ2n) is 6.10. The van der Waals surface area contributed by atoms with E-state index in [9.17, 15) is 4.79 Å². The van der Waals surface area contributed by atoms with Crippen LogP contribution in [0.15, 0.2) is 58.5 Å². The lowest BCUT2D eigenvalue weighted by molar-refractivity contribution is 0.416. The van der Waals surface area contributed by atoms with E-state index in [0.717, 1.165) is 5.56 Å². The Bertz CT molecular complexity index is 1200. The molecule has 4 aromatic rings. The second-order valence-corrected chi connectivity index (χ2v) is 7.41. The Labute approximate surface area is 164 Å². The van der Waals surface area contributed by atoms with Crippen LogP contribution in [0.1, 0.15) is 18.0 Å². The number of nitrogen functional groups attached to an aromatic ring is 1. The number of benzene rings is 2. The maximum absolute atomic E-state index is 12.3. The molecule has 2 aromatic heterocycles. The van der Waals surface area contributed by atoms with Crippen molar-refractivity contribution in [2.24, 2.45) is 0 Å². The van der Waals surface area contributed by atoms with Gasteiger partial charge in [0.25, 0.3) is 5.56 Å². The van der Waals surface area contributed by atoms with E-state index in [2.05, 4.69) is 20.2 Å². The number of nitrogens with zero attached hydrogens (tertiary/aromatic N) is 4. The zero-order chi connectivity index (χ0) is 19.7. The fourth-order valence-corrected chi connectivity index (χ4v) is 3.71. The number of para-hydroxylation sites is 2. The van der Waals surface area contributed by atoms with Gasteiger partial charge in [0.2, 0.25) is 5.16 Å². The standard InChI is InChI=1S/C19H18N6O2S/c1-11(16-21-14-9-5-3-7-12(14)18(26)22-16)28-19-24-23-17(25(19)20)13-8-4-6-10-15(13)27-2/h3-11H,20H2,1-2H3,(H,21,22,26). The van der Waals surface area contributed by atoms with Gasteiger partial charge < -0.3 is 15.6 Å². The Morgan fingerprint density at radius 1 is 1.14 bits per heavy atom. The molecule has 0 aliphatic carbocycles. The number of rotatable bonds is 5. The summed E-state index contributed by atoms with van der Waals surface area (Å²) in [5, 5.41) is 9.27. The summed E-state index contributed by atoms with van der Waals surface area (Å²) in [6.45, 7) is 1.93. The molecule has 8 nitrogen and oxygen atoms in total. The lowest BCUT2D eigenvalue weighted by Gasteiger charge is -2.11. The molecular weight excluding hydrogens is 376 g/mol. The highest BCUT2D eigenvalue weighted by atomic mass is 32.2. The first-order valence-electron chi connectivity index (χ1n) is 8.58. The Morgan fingerprint density at radius 2 is 1.89 bits per heavy atom. The molecule has 2 aromatic carbocycles. The van der Waals surface area contributed by atoms with Gasteiger partial charge in [0, 0.05) is 0 Å². The molecule has 0 fully saturated rings. The lowest BCUT2D eigenvalue weighted by Crippen LogP contribution is -2.14. The van der Waals surface area contributed by atoms with Gasteiger partial charge in [0.1, 0.15) is 11.6 Å². The van der Waals surface area contributed by atoms with Crippen LogP contribution >= 0.6 is 11.8 Å². The van der Waals surface area contributed by atoms with E-state index in [1.54, 1.807) is 13.2 Å². The molecule has 9 heteroatoms. The highest BCUT2D eigenvalue weighted by molar-refractivity contribution is 7.99. The summed E-state index contributed by atoms with van der Waals surface area (Å²) in [4.78, 5) is 19.7. The molecule has 4 rings (SSSR count). The number of hydrogen-bond donors (Lipinski definition) is 2. The van der Waals surface area contributed by atoms with Crippen LogP contribution in [0.25, 0.3) is 22.3 Å². The van der Waals surface area contributed by atoms with Crippen molar-refractivity contribution in [2.45, 2.75) is 17.3 Å². The van der Waals surface area contributed by atoms with Crippen LogP contribution in [-0.4, -0.2) is 32.0 Å². The van der Waals surface area contributed by atoms with Crippen LogP contribution in [0, 0.1) is 0 Å². The number of nitrogens with two attached hydrogens (primary N) is 1. The van der Waals surface area contributed by atoms with Crippen molar-refractivity contribution < 1.29 is 4.74 Å². The Morgan fingerprint density at radius 3 is 2.71 bits per heavy atom. The van der Waals surface area contributed by atoms with Crippen LogP contribution in [0.5, 0.6) is 5.75 Å². The predicted octanol–water partition coefficient (Wildman–Crippen LogP) is 2.76. The topological polar surface area (TPSA) is 112 Å². The number of aromatic amines is 1. The van der Waals surface area contributed by atoms with Crippen LogP contribution in [-0.2, 0) is 0 Å². The summed E-state index contributed by atoms with van der Waals surface area (Å²) in [5.74, 6) is 7.93. The van der Waals surface area contributed by atoms with Crippen LogP contribution in [0.2, 0.25) is 0 Å². The average Bonchev–Trinajstić information content (AvgIpc) is 3.08. The van der Waals surface area contributed by atoms with E-state index in [-0.39, 0.29) is 10.8 Å². The van der Waals surface area contributed by atoms with Crippen LogP contribution in [0.3, 0.4) is 0 Å². The molecular formula is C19H18N6O2S. The Kier molecular flexibility index (Phi) is 4.74. The molecule has 3 N–H and O–H groups in total. The lowest BCUT2D eigenvalue weighted by atomic mass is 10.2. The first-order valence-corrected chi connectivity index (χ1v) is 9.46. The highest BCUT2D eigenvalue weighted by Crippen LogP contribution is 2.34. The molecule has 1 atom stereocenters. The number of hydrogen-bond acceptors (Lipinski definition) is 7. The van der Waals surface area contributed by atoms with Gasteiger partial charge in [0.15, 0.2) is 5.82 Å². The number of ether oxygens (including phenoxy) is 1. The highest BCUT2D eigenvalue weighted by Gasteiger charge is 2.20. The zero-order valence-corrected chi connectivity index (χ0v) is 16.1. The number of methoxy groups -OCH3 is 1. The molecule has 2 heterocycles. The number of aromatic nitrogens is 5. The van der Waals surface area contributed by atoms with E-state index in [4.69, 9.17) is 10.6 Å². The molecule has 0 aliphatic heterocycles. The third-order valence-electron chi connectivity index (χ3n) is 4.31. The molecule has 0 spiro atoms. The van der Waals surface area contributed by atoms with Crippen molar-refractivity contribution in [1.82, 2.24) is 24.8 Å². The quantitative estimate of drug-likeness (QED) is 0.395. The van der Waals surface area contributed by atoms with Gasteiger partial charge in [0.05, 0.1) is 28.8 Å². The molecule has 0 saturated heterocycles. The molecule has 1 unspecified atom stereocenters. The maximum atomic E-state index is 12.3. The van der Waals surface area contributed by atoms with Gasteiger partial charge >= 0.3 is 0 Å². The summed E-state index contributed by atoms with van der Waals surface area (Å²) >= 11 is 1.36. The van der Waals surface area contributed by atoms with Gasteiger partial charge in [-0.1, -0.05) is 36.0 Å². The van der Waals surface area contributed by atoms with Crippen molar-refractivity contribution >= 4 is 22.7 Å². The monoisotopic (exact) mass is 394 g/mol. The zero-order valence-electron chi connectivity index (χ0n) is 15.3. The summed E-state index contributed by atoms with van der Waals surface area (Å²) in [5.41, 5.74) is 1.23. The molecule has 142 valence electrons. The minimum Gasteiger partial charge on any atom is -0.496 e. The van der Waals surface area contributed by atoms with Crippen molar-refractivity contribution in [3.8, 4) is 17.1 Å². The minimum absolute atomic E-state index is 0.169. The van der Waals surface area contributed by atoms with Crippen LogP contribution < -0.4 is 16.1 Å². The SMILES string of the molecule is COc1ccccc1-c1nnc(SC(C)c2nc3ccccc3c(=O)[nH]2)n1N. The molecule has 0 saturated carbocycles. The summed E-state index contributed by atoms with van der Waals surface area (Å²) in [6, 6.07) is 14.7. The first kappa shape index (κ1) is 18.1. The Balaban J connectivity index is 1.65. The third kappa shape index (κ3) is 3.20. The Hall–Kier alpha value is -3.33. The number of H-pyrrole nitrogens is 1. The van der Waals surface area contributed by atoms with Gasteiger partial charge in [-0.25, -0.2) is 9.66 Å². The molecule has 0 bridgehead atoms. The smallest absolute Gasteiger partial charge is 0.258 e. The average molecular weight is 394 g/mol. The van der Waals surface area contributed by atoms with Gasteiger partial charge in [-0.15, -0.1) is 10.2 Å². The fraction of sp³-hybridized carbons (Fsp3) is 0.158. The first-order chi connectivity index (χ1) is 13.6. The largest absolute Gasteiger partial charge is 0.496 e. The molecule has 0 aliphatic rings. The summed E-state index contributed by atoms with van der Waals surface area (Å²) in [7, 11) is 1.59. The summed E-state index contributed by atoms with van der Waals surface area (Å²) < 4.78 is 6.79. The van der Waals surface area contributed by atoms with E-state index in [0.29, 0.717) is 33.5 Å². The summed E-state index contributed by atoms with van der Waals surface area (Å²) in [6.07, 6.45) is 0. The van der Waals surface area contributed by atoms with E-state index in [1.165, 1.54) is 16.4 Å². The van der Waals surface area contributed by atoms with Gasteiger partial charge in [-0.2, -0.15) is 0 Å². The van der Waals surface area contributed by atoms with E-state index in [1.807, 2.05) is 49.4 Å². The molecule has 0 amide bonds. The number of thioether (sulfide) groups is 1. The second kappa shape index (κ2) is 7.35. The van der Waals surface area contributed by atoms with E-state index >= 15 is 0 Å². The maximum Gasteiger partial charge on any atom is 0.258 e. The van der Waals surface area contributed by atoms with Crippen molar-refractivity contribution in [3.05, 3.63) is 64.7 Å². The fourth-order valence-electron chi connectivity index (χ4n) is 2.88. The molecule has 0 radical (unpaired) electrons. The van der Waals surface area contributed by atoms with Crippen molar-refractivity contribution in [2.75, 3.05) is 13.0 Å².